The molecule has 1 heterocycles. The number of nitrogens with zero attached hydrogens (tertiary/aromatic N) is 2. The number of hydrogen-bond donors (Lipinski definition) is 1. The van der Waals surface area contributed by atoms with E-state index in [-0.39, 0.29) is 11.3 Å². The van der Waals surface area contributed by atoms with E-state index in [2.05, 4.69) is 0 Å². The third-order valence-corrected chi connectivity index (χ3v) is 6.10. The summed E-state index contributed by atoms with van der Waals surface area (Å²) in [5.74, 6) is -1.79. The van der Waals surface area contributed by atoms with E-state index in [0.29, 0.717) is 28.1 Å². The van der Waals surface area contributed by atoms with Crippen molar-refractivity contribution in [2.75, 3.05) is 38.1 Å². The number of amides is 1. The quantitative estimate of drug-likeness (QED) is 0.242. The highest BCUT2D eigenvalue weighted by Gasteiger charge is 2.47. The molecule has 36 heavy (non-hydrogen) atoms. The standard InChI is InChI=1S/C28H26N2O6/c1-29(2)20-11-5-17(6-12-20)24-23(25(31)18-9-15-22(35-3)16-10-18)26(32)27(33)30(24)21-13-7-19(8-14-21)28(34)36-4/h5-16,24,31H,1-4H3/b25-23+. The number of carbonyl (C=O) groups excluding carboxylic acids is 3. The number of carbonyl (C=O) groups is 3. The number of hydrogen-bond acceptors (Lipinski definition) is 7. The number of aliphatic hydroxyl groups is 1. The minimum Gasteiger partial charge on any atom is -0.507 e. The zero-order chi connectivity index (χ0) is 26.0. The fraction of sp³-hybridized carbons (Fsp3) is 0.179. The Balaban J connectivity index is 1.87. The summed E-state index contributed by atoms with van der Waals surface area (Å²) in [6.45, 7) is 0. The lowest BCUT2D eigenvalue weighted by Gasteiger charge is -2.26. The molecular formula is C28H26N2O6. The van der Waals surface area contributed by atoms with E-state index in [0.717, 1.165) is 5.69 Å². The lowest BCUT2D eigenvalue weighted by atomic mass is 9.95. The highest BCUT2D eigenvalue weighted by molar-refractivity contribution is 6.51. The van der Waals surface area contributed by atoms with Crippen LogP contribution in [0.25, 0.3) is 5.76 Å². The largest absolute Gasteiger partial charge is 0.507 e. The monoisotopic (exact) mass is 486 g/mol. The molecule has 1 atom stereocenters. The summed E-state index contributed by atoms with van der Waals surface area (Å²) in [6, 6.07) is 19.3. The molecule has 8 heteroatoms. The fourth-order valence-corrected chi connectivity index (χ4v) is 4.15. The van der Waals surface area contributed by atoms with Crippen LogP contribution in [-0.4, -0.2) is 51.1 Å². The van der Waals surface area contributed by atoms with Crippen LogP contribution in [0.5, 0.6) is 5.75 Å². The van der Waals surface area contributed by atoms with Crippen LogP contribution in [0, 0.1) is 0 Å². The molecule has 1 N–H and O–H groups in total. The zero-order valence-electron chi connectivity index (χ0n) is 20.4. The summed E-state index contributed by atoms with van der Waals surface area (Å²) in [4.78, 5) is 41.7. The van der Waals surface area contributed by atoms with Gasteiger partial charge in [0.05, 0.1) is 31.4 Å². The van der Waals surface area contributed by atoms with E-state index in [9.17, 15) is 19.5 Å². The molecule has 0 bridgehead atoms. The predicted octanol–water partition coefficient (Wildman–Crippen LogP) is 4.17. The molecule has 1 amide bonds. The minimum absolute atomic E-state index is 0.0279. The Hall–Kier alpha value is -4.59. The number of rotatable bonds is 6. The van der Waals surface area contributed by atoms with Gasteiger partial charge >= 0.3 is 5.97 Å². The van der Waals surface area contributed by atoms with E-state index < -0.39 is 23.7 Å². The summed E-state index contributed by atoms with van der Waals surface area (Å²) in [5, 5.41) is 11.2. The Morgan fingerprint density at radius 1 is 0.861 bits per heavy atom. The molecule has 1 fully saturated rings. The molecule has 1 aliphatic rings. The second-order valence-electron chi connectivity index (χ2n) is 8.42. The van der Waals surface area contributed by atoms with E-state index in [1.54, 1.807) is 36.4 Å². The number of ether oxygens (including phenoxy) is 2. The van der Waals surface area contributed by atoms with Gasteiger partial charge in [0.15, 0.2) is 0 Å². The Bertz CT molecular complexity index is 1330. The van der Waals surface area contributed by atoms with Crippen LogP contribution in [0.4, 0.5) is 11.4 Å². The molecule has 0 aromatic heterocycles. The van der Waals surface area contributed by atoms with Gasteiger partial charge in [-0.3, -0.25) is 14.5 Å². The number of benzene rings is 3. The molecule has 184 valence electrons. The van der Waals surface area contributed by atoms with E-state index in [4.69, 9.17) is 9.47 Å². The molecule has 3 aromatic rings. The summed E-state index contributed by atoms with van der Waals surface area (Å²) in [5.41, 5.74) is 2.65. The Labute approximate surface area is 209 Å². The van der Waals surface area contributed by atoms with Crippen LogP contribution in [-0.2, 0) is 14.3 Å². The highest BCUT2D eigenvalue weighted by atomic mass is 16.5. The first-order chi connectivity index (χ1) is 17.3. The molecule has 8 nitrogen and oxygen atoms in total. The van der Waals surface area contributed by atoms with Gasteiger partial charge < -0.3 is 19.5 Å². The molecule has 1 aliphatic heterocycles. The highest BCUT2D eigenvalue weighted by Crippen LogP contribution is 2.42. The van der Waals surface area contributed by atoms with Crippen molar-refractivity contribution < 1.29 is 29.0 Å². The number of esters is 1. The van der Waals surface area contributed by atoms with Crippen LogP contribution in [0.1, 0.15) is 27.5 Å². The van der Waals surface area contributed by atoms with Gasteiger partial charge in [-0.05, 0) is 66.2 Å². The molecule has 1 saturated heterocycles. The maximum Gasteiger partial charge on any atom is 0.337 e. The lowest BCUT2D eigenvalue weighted by molar-refractivity contribution is -0.132. The topological polar surface area (TPSA) is 96.4 Å². The second-order valence-corrected chi connectivity index (χ2v) is 8.42. The van der Waals surface area contributed by atoms with Crippen molar-refractivity contribution in [2.24, 2.45) is 0 Å². The number of anilines is 2. The van der Waals surface area contributed by atoms with Crippen LogP contribution in [0.3, 0.4) is 0 Å². The Morgan fingerprint density at radius 3 is 1.97 bits per heavy atom. The molecule has 1 unspecified atom stereocenters. The van der Waals surface area contributed by atoms with Gasteiger partial charge in [0.25, 0.3) is 11.7 Å². The molecule has 3 aromatic carbocycles. The van der Waals surface area contributed by atoms with Gasteiger partial charge in [-0.2, -0.15) is 0 Å². The molecule has 0 radical (unpaired) electrons. The number of aliphatic hydroxyl groups excluding tert-OH is 1. The maximum atomic E-state index is 13.3. The third-order valence-electron chi connectivity index (χ3n) is 6.10. The molecule has 0 spiro atoms. The van der Waals surface area contributed by atoms with Crippen LogP contribution < -0.4 is 14.5 Å². The third kappa shape index (κ3) is 4.40. The average molecular weight is 487 g/mol. The minimum atomic E-state index is -0.882. The second kappa shape index (κ2) is 9.95. The molecule has 0 aliphatic carbocycles. The van der Waals surface area contributed by atoms with Gasteiger partial charge in [0.1, 0.15) is 11.5 Å². The Morgan fingerprint density at radius 2 is 1.44 bits per heavy atom. The van der Waals surface area contributed by atoms with Gasteiger partial charge in [0.2, 0.25) is 0 Å². The molecule has 0 saturated carbocycles. The van der Waals surface area contributed by atoms with Crippen molar-refractivity contribution in [2.45, 2.75) is 6.04 Å². The summed E-state index contributed by atoms with van der Waals surface area (Å²) in [6.07, 6.45) is 0. The first-order valence-corrected chi connectivity index (χ1v) is 11.2. The van der Waals surface area contributed by atoms with Crippen molar-refractivity contribution in [3.05, 3.63) is 95.1 Å². The summed E-state index contributed by atoms with van der Waals surface area (Å²) in [7, 11) is 6.63. The SMILES string of the molecule is COC(=O)c1ccc(N2C(=O)C(=O)/C(=C(/O)c3ccc(OC)cc3)C2c2ccc(N(C)C)cc2)cc1. The zero-order valence-corrected chi connectivity index (χ0v) is 20.4. The van der Waals surface area contributed by atoms with Gasteiger partial charge in [-0.1, -0.05) is 12.1 Å². The van der Waals surface area contributed by atoms with Crippen molar-refractivity contribution >= 4 is 34.8 Å². The van der Waals surface area contributed by atoms with Crippen LogP contribution in [0.15, 0.2) is 78.4 Å². The normalized spacial score (nSPS) is 16.7. The smallest absolute Gasteiger partial charge is 0.337 e. The number of methoxy groups -OCH3 is 2. The first-order valence-electron chi connectivity index (χ1n) is 11.2. The van der Waals surface area contributed by atoms with Crippen LogP contribution >= 0.6 is 0 Å². The van der Waals surface area contributed by atoms with Crippen LogP contribution in [0.2, 0.25) is 0 Å². The summed E-state index contributed by atoms with van der Waals surface area (Å²) >= 11 is 0. The van der Waals surface area contributed by atoms with Crippen molar-refractivity contribution in [1.29, 1.82) is 0 Å². The molecular weight excluding hydrogens is 460 g/mol. The van der Waals surface area contributed by atoms with Gasteiger partial charge in [-0.25, -0.2) is 4.79 Å². The van der Waals surface area contributed by atoms with Crippen molar-refractivity contribution in [3.63, 3.8) is 0 Å². The van der Waals surface area contributed by atoms with Gasteiger partial charge in [-0.15, -0.1) is 0 Å². The van der Waals surface area contributed by atoms with E-state index >= 15 is 0 Å². The molecule has 4 rings (SSSR count). The average Bonchev–Trinajstić information content (AvgIpc) is 3.18. The summed E-state index contributed by atoms with van der Waals surface area (Å²) < 4.78 is 9.93. The van der Waals surface area contributed by atoms with Gasteiger partial charge in [0, 0.05) is 31.0 Å². The number of Topliss-reactive ketones (excluding diaryl/α,β-unsaturated/α-hetero) is 1. The number of ketones is 1. The van der Waals surface area contributed by atoms with E-state index in [1.807, 2.05) is 43.3 Å². The fourth-order valence-electron chi connectivity index (χ4n) is 4.15. The lowest BCUT2D eigenvalue weighted by Crippen LogP contribution is -2.29. The van der Waals surface area contributed by atoms with E-state index in [1.165, 1.54) is 31.3 Å². The Kier molecular flexibility index (Phi) is 6.78. The maximum absolute atomic E-state index is 13.3. The first kappa shape index (κ1) is 24.5. The van der Waals surface area contributed by atoms with Crippen molar-refractivity contribution in [3.8, 4) is 5.75 Å². The van der Waals surface area contributed by atoms with Crippen molar-refractivity contribution in [1.82, 2.24) is 0 Å². The predicted molar refractivity (Wildman–Crippen MR) is 136 cm³/mol.